The summed E-state index contributed by atoms with van der Waals surface area (Å²) in [5, 5.41) is 0.460. The van der Waals surface area contributed by atoms with Crippen LogP contribution in [0.15, 0.2) is 18.2 Å². The molecule has 2 rings (SSSR count). The third-order valence-electron chi connectivity index (χ3n) is 4.16. The number of halogens is 2. The van der Waals surface area contributed by atoms with E-state index in [1.165, 1.54) is 18.2 Å². The van der Waals surface area contributed by atoms with Crippen molar-refractivity contribution in [1.82, 2.24) is 4.90 Å². The highest BCUT2D eigenvalue weighted by atomic mass is 35.5. The molecule has 0 radical (unpaired) electrons. The summed E-state index contributed by atoms with van der Waals surface area (Å²) in [6.45, 7) is 0. The maximum absolute atomic E-state index is 13.2. The number of rotatable bonds is 4. The van der Waals surface area contributed by atoms with E-state index in [2.05, 4.69) is 0 Å². The minimum absolute atomic E-state index is 0.141. The molecule has 0 N–H and O–H groups in total. The summed E-state index contributed by atoms with van der Waals surface area (Å²) in [5.41, 5.74) is 0.190. The van der Waals surface area contributed by atoms with E-state index in [9.17, 15) is 9.18 Å². The SMILES string of the molecule is CN(C)C1(C(=O)Cc2cc(F)ccc2Cl)CCCC1. The maximum Gasteiger partial charge on any atom is 0.157 e. The van der Waals surface area contributed by atoms with Crippen molar-refractivity contribution in [3.63, 3.8) is 0 Å². The molecule has 0 unspecified atom stereocenters. The van der Waals surface area contributed by atoms with Gasteiger partial charge in [-0.05, 0) is 50.7 Å². The van der Waals surface area contributed by atoms with Crippen LogP contribution in [0.2, 0.25) is 5.02 Å². The number of ketones is 1. The number of nitrogens with zero attached hydrogens (tertiary/aromatic N) is 1. The average Bonchev–Trinajstić information content (AvgIpc) is 2.84. The van der Waals surface area contributed by atoms with Crippen molar-refractivity contribution in [2.24, 2.45) is 0 Å². The first-order valence-electron chi connectivity index (χ1n) is 6.60. The Morgan fingerprint density at radius 1 is 1.37 bits per heavy atom. The first-order chi connectivity index (χ1) is 8.95. The highest BCUT2D eigenvalue weighted by Gasteiger charge is 2.42. The summed E-state index contributed by atoms with van der Waals surface area (Å²) in [6.07, 6.45) is 4.11. The summed E-state index contributed by atoms with van der Waals surface area (Å²) in [7, 11) is 3.88. The lowest BCUT2D eigenvalue weighted by atomic mass is 9.87. The topological polar surface area (TPSA) is 20.3 Å². The molecule has 1 saturated carbocycles. The molecule has 0 heterocycles. The molecule has 0 atom stereocenters. The van der Waals surface area contributed by atoms with Gasteiger partial charge in [0.15, 0.2) is 5.78 Å². The molecule has 0 spiro atoms. The maximum atomic E-state index is 13.2. The molecule has 0 aliphatic heterocycles. The van der Waals surface area contributed by atoms with Crippen molar-refractivity contribution >= 4 is 17.4 Å². The van der Waals surface area contributed by atoms with E-state index in [1.54, 1.807) is 0 Å². The van der Waals surface area contributed by atoms with Gasteiger partial charge in [0.1, 0.15) is 5.82 Å². The molecule has 1 aliphatic carbocycles. The molecule has 1 aromatic carbocycles. The second-order valence-corrected chi connectivity index (χ2v) is 5.88. The fourth-order valence-corrected chi connectivity index (χ4v) is 3.14. The van der Waals surface area contributed by atoms with Crippen LogP contribution in [0.4, 0.5) is 4.39 Å². The van der Waals surface area contributed by atoms with E-state index in [0.717, 1.165) is 25.7 Å². The van der Waals surface area contributed by atoms with Crippen LogP contribution in [0.5, 0.6) is 0 Å². The quantitative estimate of drug-likeness (QED) is 0.843. The predicted octanol–water partition coefficient (Wildman–Crippen LogP) is 3.47. The first kappa shape index (κ1) is 14.5. The van der Waals surface area contributed by atoms with Gasteiger partial charge in [0.05, 0.1) is 5.54 Å². The second-order valence-electron chi connectivity index (χ2n) is 5.47. The standard InChI is InChI=1S/C15H19ClFNO/c1-18(2)15(7-3-4-8-15)14(19)10-11-9-12(17)5-6-13(11)16/h5-6,9H,3-4,7-8,10H2,1-2H3. The van der Waals surface area contributed by atoms with Gasteiger partial charge in [-0.25, -0.2) is 4.39 Å². The smallest absolute Gasteiger partial charge is 0.157 e. The molecule has 0 aromatic heterocycles. The van der Waals surface area contributed by atoms with Crippen molar-refractivity contribution in [1.29, 1.82) is 0 Å². The summed E-state index contributed by atoms with van der Waals surface area (Å²) in [6, 6.07) is 4.18. The third kappa shape index (κ3) is 2.82. The van der Waals surface area contributed by atoms with E-state index < -0.39 is 5.54 Å². The zero-order chi connectivity index (χ0) is 14.0. The van der Waals surface area contributed by atoms with Crippen LogP contribution in [-0.2, 0) is 11.2 Å². The molecular weight excluding hydrogens is 265 g/mol. The van der Waals surface area contributed by atoms with Gasteiger partial charge in [-0.1, -0.05) is 24.4 Å². The molecule has 4 heteroatoms. The number of likely N-dealkylation sites (N-methyl/N-ethyl adjacent to an activating group) is 1. The van der Waals surface area contributed by atoms with Crippen LogP contribution in [-0.4, -0.2) is 30.3 Å². The number of benzene rings is 1. The van der Waals surface area contributed by atoms with Crippen LogP contribution in [0, 0.1) is 5.82 Å². The van der Waals surface area contributed by atoms with Gasteiger partial charge in [-0.3, -0.25) is 9.69 Å². The molecule has 1 aromatic rings. The van der Waals surface area contributed by atoms with Gasteiger partial charge < -0.3 is 0 Å². The minimum atomic E-state index is -0.393. The Hall–Kier alpha value is -0.930. The van der Waals surface area contributed by atoms with Crippen molar-refractivity contribution in [3.05, 3.63) is 34.6 Å². The van der Waals surface area contributed by atoms with Crippen LogP contribution < -0.4 is 0 Å². The van der Waals surface area contributed by atoms with Gasteiger partial charge in [-0.2, -0.15) is 0 Å². The van der Waals surface area contributed by atoms with Gasteiger partial charge in [0.25, 0.3) is 0 Å². The summed E-state index contributed by atoms with van der Waals surface area (Å²) in [4.78, 5) is 14.6. The number of carbonyl (C=O) groups is 1. The van der Waals surface area contributed by atoms with Crippen LogP contribution >= 0.6 is 11.6 Å². The minimum Gasteiger partial charge on any atom is -0.297 e. The molecule has 1 aliphatic rings. The third-order valence-corrected chi connectivity index (χ3v) is 4.53. The van der Waals surface area contributed by atoms with Crippen LogP contribution in [0.3, 0.4) is 0 Å². The number of Topliss-reactive ketones (excluding diaryl/α,β-unsaturated/α-hetero) is 1. The number of hydrogen-bond donors (Lipinski definition) is 0. The van der Waals surface area contributed by atoms with E-state index in [1.807, 2.05) is 19.0 Å². The molecule has 104 valence electrons. The van der Waals surface area contributed by atoms with E-state index in [-0.39, 0.29) is 18.0 Å². The lowest BCUT2D eigenvalue weighted by Crippen LogP contribution is -2.49. The van der Waals surface area contributed by atoms with Crippen molar-refractivity contribution in [2.75, 3.05) is 14.1 Å². The predicted molar refractivity (Wildman–Crippen MR) is 75.0 cm³/mol. The molecule has 0 saturated heterocycles. The monoisotopic (exact) mass is 283 g/mol. The van der Waals surface area contributed by atoms with Crippen molar-refractivity contribution in [3.8, 4) is 0 Å². The number of hydrogen-bond acceptors (Lipinski definition) is 2. The first-order valence-corrected chi connectivity index (χ1v) is 6.98. The molecule has 1 fully saturated rings. The molecular formula is C15H19ClFNO. The van der Waals surface area contributed by atoms with E-state index >= 15 is 0 Å². The van der Waals surface area contributed by atoms with Crippen molar-refractivity contribution in [2.45, 2.75) is 37.6 Å². The Morgan fingerprint density at radius 2 is 2.00 bits per heavy atom. The Bertz CT molecular complexity index is 481. The van der Waals surface area contributed by atoms with Gasteiger partial charge in [0.2, 0.25) is 0 Å². The fourth-order valence-electron chi connectivity index (χ4n) is 2.95. The van der Waals surface area contributed by atoms with Gasteiger partial charge in [-0.15, -0.1) is 0 Å². The summed E-state index contributed by atoms with van der Waals surface area (Å²) in [5.74, 6) is -0.208. The van der Waals surface area contributed by atoms with E-state index in [4.69, 9.17) is 11.6 Å². The zero-order valence-electron chi connectivity index (χ0n) is 11.4. The van der Waals surface area contributed by atoms with E-state index in [0.29, 0.717) is 10.6 Å². The van der Waals surface area contributed by atoms with Gasteiger partial charge in [0, 0.05) is 11.4 Å². The number of carbonyl (C=O) groups excluding carboxylic acids is 1. The molecule has 19 heavy (non-hydrogen) atoms. The molecule has 2 nitrogen and oxygen atoms in total. The molecule has 0 bridgehead atoms. The van der Waals surface area contributed by atoms with Crippen molar-refractivity contribution < 1.29 is 9.18 Å². The highest BCUT2D eigenvalue weighted by molar-refractivity contribution is 6.31. The highest BCUT2D eigenvalue weighted by Crippen LogP contribution is 2.36. The lowest BCUT2D eigenvalue weighted by Gasteiger charge is -2.34. The Kier molecular flexibility index (Phi) is 4.26. The average molecular weight is 284 g/mol. The van der Waals surface area contributed by atoms with Gasteiger partial charge >= 0.3 is 0 Å². The Labute approximate surface area is 118 Å². The second kappa shape index (κ2) is 5.59. The largest absolute Gasteiger partial charge is 0.297 e. The summed E-state index contributed by atoms with van der Waals surface area (Å²) >= 11 is 6.04. The van der Waals surface area contributed by atoms with Crippen LogP contribution in [0.25, 0.3) is 0 Å². The summed E-state index contributed by atoms with van der Waals surface area (Å²) < 4.78 is 13.2. The fraction of sp³-hybridized carbons (Fsp3) is 0.533. The molecule has 0 amide bonds. The normalized spacial score (nSPS) is 17.9. The van der Waals surface area contributed by atoms with Crippen LogP contribution in [0.1, 0.15) is 31.2 Å². The zero-order valence-corrected chi connectivity index (χ0v) is 12.1. The Balaban J connectivity index is 2.22. The lowest BCUT2D eigenvalue weighted by molar-refractivity contribution is -0.128. The Morgan fingerprint density at radius 3 is 2.58 bits per heavy atom.